The second-order valence-corrected chi connectivity index (χ2v) is 6.07. The third kappa shape index (κ3) is 3.84. The SMILES string of the molecule is CC(=CC(C)O)c1ccc(C2CCCCC2)c(Cl)c1. The Morgan fingerprint density at radius 2 is 2.00 bits per heavy atom. The summed E-state index contributed by atoms with van der Waals surface area (Å²) in [5, 5.41) is 10.3. The van der Waals surface area contributed by atoms with E-state index in [1.165, 1.54) is 37.7 Å². The zero-order valence-electron chi connectivity index (χ0n) is 11.8. The van der Waals surface area contributed by atoms with E-state index < -0.39 is 6.10 Å². The molecule has 0 bridgehead atoms. The minimum absolute atomic E-state index is 0.420. The van der Waals surface area contributed by atoms with Crippen molar-refractivity contribution < 1.29 is 5.11 Å². The highest BCUT2D eigenvalue weighted by Crippen LogP contribution is 2.37. The van der Waals surface area contributed by atoms with Crippen molar-refractivity contribution in [2.75, 3.05) is 0 Å². The first-order chi connectivity index (χ1) is 9.08. The fourth-order valence-corrected chi connectivity index (χ4v) is 3.31. The minimum atomic E-state index is -0.420. The van der Waals surface area contributed by atoms with Crippen molar-refractivity contribution in [2.24, 2.45) is 0 Å². The van der Waals surface area contributed by atoms with Crippen LogP contribution in [0.4, 0.5) is 0 Å². The first kappa shape index (κ1) is 14.6. The minimum Gasteiger partial charge on any atom is -0.389 e. The van der Waals surface area contributed by atoms with Gasteiger partial charge in [0, 0.05) is 5.02 Å². The van der Waals surface area contributed by atoms with E-state index in [0.717, 1.165) is 16.2 Å². The Morgan fingerprint density at radius 1 is 1.32 bits per heavy atom. The molecule has 1 N–H and O–H groups in total. The number of benzene rings is 1. The molecule has 0 spiro atoms. The zero-order valence-corrected chi connectivity index (χ0v) is 12.6. The van der Waals surface area contributed by atoms with E-state index in [2.05, 4.69) is 12.1 Å². The van der Waals surface area contributed by atoms with E-state index in [0.29, 0.717) is 5.92 Å². The van der Waals surface area contributed by atoms with Crippen molar-refractivity contribution in [3.05, 3.63) is 40.4 Å². The Balaban J connectivity index is 2.21. The van der Waals surface area contributed by atoms with Gasteiger partial charge in [-0.1, -0.05) is 49.1 Å². The third-order valence-corrected chi connectivity index (χ3v) is 4.32. The maximum Gasteiger partial charge on any atom is 0.0698 e. The van der Waals surface area contributed by atoms with E-state index >= 15 is 0 Å². The molecule has 1 aromatic rings. The largest absolute Gasteiger partial charge is 0.389 e. The molecule has 1 aliphatic rings. The summed E-state index contributed by atoms with van der Waals surface area (Å²) in [6.07, 6.45) is 7.97. The van der Waals surface area contributed by atoms with E-state index in [4.69, 9.17) is 11.6 Å². The van der Waals surface area contributed by atoms with Crippen molar-refractivity contribution in [3.8, 4) is 0 Å². The van der Waals surface area contributed by atoms with Gasteiger partial charge in [-0.15, -0.1) is 0 Å². The van der Waals surface area contributed by atoms with Crippen LogP contribution in [0, 0.1) is 0 Å². The lowest BCUT2D eigenvalue weighted by Gasteiger charge is -2.23. The Kier molecular flexibility index (Phi) is 5.06. The van der Waals surface area contributed by atoms with Crippen LogP contribution in [-0.2, 0) is 0 Å². The van der Waals surface area contributed by atoms with Crippen LogP contribution in [-0.4, -0.2) is 11.2 Å². The molecule has 1 saturated carbocycles. The smallest absolute Gasteiger partial charge is 0.0698 e. The van der Waals surface area contributed by atoms with Gasteiger partial charge in [0.25, 0.3) is 0 Å². The highest BCUT2D eigenvalue weighted by atomic mass is 35.5. The van der Waals surface area contributed by atoms with Crippen LogP contribution in [0.25, 0.3) is 5.57 Å². The van der Waals surface area contributed by atoms with Crippen LogP contribution in [0.3, 0.4) is 0 Å². The Bertz CT molecular complexity index is 456. The first-order valence-corrected chi connectivity index (χ1v) is 7.62. The predicted octanol–water partition coefficient (Wildman–Crippen LogP) is 5.17. The molecular weight excluding hydrogens is 256 g/mol. The molecule has 104 valence electrons. The van der Waals surface area contributed by atoms with Gasteiger partial charge >= 0.3 is 0 Å². The number of hydrogen-bond donors (Lipinski definition) is 1. The monoisotopic (exact) mass is 278 g/mol. The van der Waals surface area contributed by atoms with E-state index in [1.807, 2.05) is 19.1 Å². The van der Waals surface area contributed by atoms with Gasteiger partial charge in [-0.05, 0) is 55.4 Å². The van der Waals surface area contributed by atoms with Crippen LogP contribution in [0.5, 0.6) is 0 Å². The van der Waals surface area contributed by atoms with Crippen molar-refractivity contribution in [1.29, 1.82) is 0 Å². The summed E-state index contributed by atoms with van der Waals surface area (Å²) in [5.74, 6) is 0.636. The zero-order chi connectivity index (χ0) is 13.8. The van der Waals surface area contributed by atoms with Crippen LogP contribution in [0.1, 0.15) is 63.0 Å². The third-order valence-electron chi connectivity index (χ3n) is 3.99. The number of aliphatic hydroxyl groups excluding tert-OH is 1. The average Bonchev–Trinajstić information content (AvgIpc) is 2.38. The summed E-state index contributed by atoms with van der Waals surface area (Å²) in [6, 6.07) is 6.34. The van der Waals surface area contributed by atoms with Gasteiger partial charge in [0.15, 0.2) is 0 Å². The molecule has 0 aromatic heterocycles. The summed E-state index contributed by atoms with van der Waals surface area (Å²) in [4.78, 5) is 0. The lowest BCUT2D eigenvalue weighted by Crippen LogP contribution is -2.05. The maximum absolute atomic E-state index is 9.40. The molecule has 0 aliphatic heterocycles. The van der Waals surface area contributed by atoms with Gasteiger partial charge in [-0.25, -0.2) is 0 Å². The van der Waals surface area contributed by atoms with E-state index in [1.54, 1.807) is 6.92 Å². The summed E-state index contributed by atoms with van der Waals surface area (Å²) in [6.45, 7) is 3.78. The van der Waals surface area contributed by atoms with Gasteiger partial charge in [-0.2, -0.15) is 0 Å². The summed E-state index contributed by atoms with van der Waals surface area (Å²) >= 11 is 6.45. The average molecular weight is 279 g/mol. The molecule has 0 amide bonds. The first-order valence-electron chi connectivity index (χ1n) is 7.24. The van der Waals surface area contributed by atoms with Crippen molar-refractivity contribution >= 4 is 17.2 Å². The lowest BCUT2D eigenvalue weighted by atomic mass is 9.83. The number of halogens is 1. The van der Waals surface area contributed by atoms with E-state index in [-0.39, 0.29) is 0 Å². The summed E-state index contributed by atoms with van der Waals surface area (Å²) < 4.78 is 0. The molecule has 1 unspecified atom stereocenters. The van der Waals surface area contributed by atoms with Gasteiger partial charge in [-0.3, -0.25) is 0 Å². The molecule has 2 rings (SSSR count). The predicted molar refractivity (Wildman–Crippen MR) is 82.6 cm³/mol. The van der Waals surface area contributed by atoms with E-state index in [9.17, 15) is 5.11 Å². The Morgan fingerprint density at radius 3 is 2.58 bits per heavy atom. The van der Waals surface area contributed by atoms with Crippen molar-refractivity contribution in [3.63, 3.8) is 0 Å². The molecule has 1 fully saturated rings. The van der Waals surface area contributed by atoms with Gasteiger partial charge in [0.2, 0.25) is 0 Å². The van der Waals surface area contributed by atoms with Gasteiger partial charge in [0.05, 0.1) is 6.10 Å². The second-order valence-electron chi connectivity index (χ2n) is 5.66. The fourth-order valence-electron chi connectivity index (χ4n) is 2.98. The second kappa shape index (κ2) is 6.58. The molecule has 1 aliphatic carbocycles. The summed E-state index contributed by atoms with van der Waals surface area (Å²) in [7, 11) is 0. The van der Waals surface area contributed by atoms with Crippen LogP contribution < -0.4 is 0 Å². The van der Waals surface area contributed by atoms with Crippen LogP contribution >= 0.6 is 11.6 Å². The molecule has 0 radical (unpaired) electrons. The molecule has 2 heteroatoms. The molecule has 0 saturated heterocycles. The number of hydrogen-bond acceptors (Lipinski definition) is 1. The van der Waals surface area contributed by atoms with Crippen molar-refractivity contribution in [2.45, 2.75) is 58.0 Å². The maximum atomic E-state index is 9.40. The molecule has 1 atom stereocenters. The Hall–Kier alpha value is -0.790. The highest BCUT2D eigenvalue weighted by molar-refractivity contribution is 6.31. The number of allylic oxidation sites excluding steroid dienone is 1. The molecule has 0 heterocycles. The standard InChI is InChI=1S/C17H23ClO/c1-12(10-13(2)19)15-8-9-16(17(18)11-15)14-6-4-3-5-7-14/h8-11,13-14,19H,3-7H2,1-2H3. The highest BCUT2D eigenvalue weighted by Gasteiger charge is 2.18. The number of rotatable bonds is 3. The molecular formula is C17H23ClO. The summed E-state index contributed by atoms with van der Waals surface area (Å²) in [5.41, 5.74) is 3.48. The van der Waals surface area contributed by atoms with Crippen molar-refractivity contribution in [1.82, 2.24) is 0 Å². The Labute approximate surface area is 121 Å². The van der Waals surface area contributed by atoms with Gasteiger partial charge < -0.3 is 5.11 Å². The molecule has 1 aromatic carbocycles. The van der Waals surface area contributed by atoms with Gasteiger partial charge in [0.1, 0.15) is 0 Å². The molecule has 1 nitrogen and oxygen atoms in total. The number of aliphatic hydroxyl groups is 1. The van der Waals surface area contributed by atoms with Crippen LogP contribution in [0.15, 0.2) is 24.3 Å². The fraction of sp³-hybridized carbons (Fsp3) is 0.529. The normalized spacial score (nSPS) is 19.5. The quantitative estimate of drug-likeness (QED) is 0.808. The lowest BCUT2D eigenvalue weighted by molar-refractivity contribution is 0.244. The molecule has 19 heavy (non-hydrogen) atoms. The van der Waals surface area contributed by atoms with Crippen LogP contribution in [0.2, 0.25) is 5.02 Å². The topological polar surface area (TPSA) is 20.2 Å².